The number of hydrogen-bond donors (Lipinski definition) is 1. The predicted molar refractivity (Wildman–Crippen MR) is 75.8 cm³/mol. The second kappa shape index (κ2) is 6.45. The van der Waals surface area contributed by atoms with Crippen molar-refractivity contribution < 1.29 is 13.2 Å². The van der Waals surface area contributed by atoms with Gasteiger partial charge in [0.15, 0.2) is 5.75 Å². The smallest absolute Gasteiger partial charge is 0.241 e. The van der Waals surface area contributed by atoms with Gasteiger partial charge in [0.25, 0.3) is 0 Å². The van der Waals surface area contributed by atoms with E-state index in [0.29, 0.717) is 4.47 Å². The molecule has 0 fully saturated rings. The van der Waals surface area contributed by atoms with E-state index in [1.807, 2.05) is 0 Å². The standard InChI is InChI=1S/C9H7BrCl3NO3S/c10-5-1-7(13)9(17-4-6(12)3-11)8(2-5)18(14,15)16/h1-3H,4H2,(H2,14,15,16)/b6-3-. The molecule has 0 aliphatic heterocycles. The summed E-state index contributed by atoms with van der Waals surface area (Å²) in [5, 5.41) is 5.35. The molecular weight excluding hydrogens is 388 g/mol. The quantitative estimate of drug-likeness (QED) is 0.849. The minimum Gasteiger partial charge on any atom is -0.485 e. The zero-order valence-corrected chi connectivity index (χ0v) is 13.3. The molecule has 0 saturated carbocycles. The van der Waals surface area contributed by atoms with Gasteiger partial charge >= 0.3 is 0 Å². The number of hydrogen-bond acceptors (Lipinski definition) is 3. The molecule has 0 spiro atoms. The fourth-order valence-electron chi connectivity index (χ4n) is 1.06. The van der Waals surface area contributed by atoms with E-state index >= 15 is 0 Å². The lowest BCUT2D eigenvalue weighted by Crippen LogP contribution is -2.14. The number of ether oxygens (including phenoxy) is 1. The Morgan fingerprint density at radius 3 is 2.61 bits per heavy atom. The van der Waals surface area contributed by atoms with E-state index in [4.69, 9.17) is 44.7 Å². The molecule has 0 unspecified atom stereocenters. The van der Waals surface area contributed by atoms with Crippen molar-refractivity contribution in [3.8, 4) is 5.75 Å². The summed E-state index contributed by atoms with van der Waals surface area (Å²) in [5.74, 6) is -0.0703. The molecule has 0 aliphatic carbocycles. The molecule has 18 heavy (non-hydrogen) atoms. The van der Waals surface area contributed by atoms with Crippen LogP contribution in [0, 0.1) is 0 Å². The molecule has 1 aromatic rings. The summed E-state index contributed by atoms with van der Waals surface area (Å²) in [6, 6.07) is 2.76. The van der Waals surface area contributed by atoms with E-state index in [1.165, 1.54) is 12.1 Å². The highest BCUT2D eigenvalue weighted by Crippen LogP contribution is 2.35. The molecule has 4 nitrogen and oxygen atoms in total. The minimum atomic E-state index is -3.97. The van der Waals surface area contributed by atoms with Gasteiger partial charge in [0, 0.05) is 10.0 Å². The summed E-state index contributed by atoms with van der Waals surface area (Å²) in [4.78, 5) is -0.235. The predicted octanol–water partition coefficient (Wildman–Crippen LogP) is 3.45. The summed E-state index contributed by atoms with van der Waals surface area (Å²) in [6.45, 7) is -0.116. The van der Waals surface area contributed by atoms with Crippen molar-refractivity contribution >= 4 is 60.8 Å². The van der Waals surface area contributed by atoms with Crippen LogP contribution in [-0.2, 0) is 10.0 Å². The molecule has 0 aromatic heterocycles. The summed E-state index contributed by atoms with van der Waals surface area (Å²) in [5.41, 5.74) is 1.10. The van der Waals surface area contributed by atoms with E-state index in [-0.39, 0.29) is 27.3 Å². The van der Waals surface area contributed by atoms with E-state index in [2.05, 4.69) is 15.9 Å². The van der Waals surface area contributed by atoms with Gasteiger partial charge in [-0.25, -0.2) is 13.6 Å². The maximum atomic E-state index is 11.4. The molecule has 0 saturated heterocycles. The maximum Gasteiger partial charge on any atom is 0.241 e. The third-order valence-corrected chi connectivity index (χ3v) is 4.00. The van der Waals surface area contributed by atoms with E-state index in [0.717, 1.165) is 5.54 Å². The lowest BCUT2D eigenvalue weighted by Gasteiger charge is -2.12. The van der Waals surface area contributed by atoms with Crippen LogP contribution in [0.5, 0.6) is 5.75 Å². The fourth-order valence-corrected chi connectivity index (χ4v) is 2.97. The van der Waals surface area contributed by atoms with Gasteiger partial charge < -0.3 is 4.74 Å². The Morgan fingerprint density at radius 1 is 1.50 bits per heavy atom. The first-order valence-corrected chi connectivity index (χ1v) is 7.88. The highest BCUT2D eigenvalue weighted by atomic mass is 79.9. The average Bonchev–Trinajstić information content (AvgIpc) is 2.25. The van der Waals surface area contributed by atoms with Crippen molar-refractivity contribution in [2.24, 2.45) is 5.14 Å². The minimum absolute atomic E-state index is 0.0703. The van der Waals surface area contributed by atoms with Gasteiger partial charge in [-0.15, -0.1) is 0 Å². The topological polar surface area (TPSA) is 69.4 Å². The summed E-state index contributed by atoms with van der Waals surface area (Å²) in [7, 11) is -3.97. The van der Waals surface area contributed by atoms with Gasteiger partial charge in [0.1, 0.15) is 11.5 Å². The van der Waals surface area contributed by atoms with Crippen LogP contribution in [0.25, 0.3) is 0 Å². The van der Waals surface area contributed by atoms with Crippen molar-refractivity contribution in [2.45, 2.75) is 4.90 Å². The highest BCUT2D eigenvalue weighted by Gasteiger charge is 2.19. The van der Waals surface area contributed by atoms with Crippen LogP contribution < -0.4 is 9.88 Å². The SMILES string of the molecule is NS(=O)(=O)c1cc(Br)cc(Cl)c1OC/C(Cl)=C/Cl. The first-order valence-electron chi connectivity index (χ1n) is 4.35. The number of rotatable bonds is 4. The molecule has 0 radical (unpaired) electrons. The summed E-state index contributed by atoms with van der Waals surface area (Å²) in [6.07, 6.45) is 0. The zero-order chi connectivity index (χ0) is 13.9. The second-order valence-electron chi connectivity index (χ2n) is 3.10. The second-order valence-corrected chi connectivity index (χ2v) is 6.66. The molecule has 0 aliphatic rings. The zero-order valence-electron chi connectivity index (χ0n) is 8.66. The monoisotopic (exact) mass is 393 g/mol. The molecule has 1 aromatic carbocycles. The molecular formula is C9H7BrCl3NO3S. The van der Waals surface area contributed by atoms with Crippen molar-refractivity contribution in [1.29, 1.82) is 0 Å². The number of sulfonamides is 1. The first-order chi connectivity index (χ1) is 8.25. The number of primary sulfonamides is 1. The number of halogens is 4. The Kier molecular flexibility index (Phi) is 5.76. The van der Waals surface area contributed by atoms with E-state index < -0.39 is 10.0 Å². The number of nitrogens with two attached hydrogens (primary N) is 1. The Labute approximate surface area is 128 Å². The third kappa shape index (κ3) is 4.29. The van der Waals surface area contributed by atoms with Crippen LogP contribution >= 0.6 is 50.7 Å². The molecule has 0 bridgehead atoms. The van der Waals surface area contributed by atoms with Gasteiger partial charge in [0.05, 0.1) is 10.1 Å². The Morgan fingerprint density at radius 2 is 2.11 bits per heavy atom. The molecule has 100 valence electrons. The Hall–Kier alpha value is 0.0200. The lowest BCUT2D eigenvalue weighted by molar-refractivity contribution is 0.349. The molecule has 9 heteroatoms. The van der Waals surface area contributed by atoms with Crippen LogP contribution in [-0.4, -0.2) is 15.0 Å². The fraction of sp³-hybridized carbons (Fsp3) is 0.111. The first kappa shape index (κ1) is 16.1. The van der Waals surface area contributed by atoms with Crippen LogP contribution in [0.15, 0.2) is 32.1 Å². The van der Waals surface area contributed by atoms with Crippen molar-refractivity contribution in [3.63, 3.8) is 0 Å². The van der Waals surface area contributed by atoms with Crippen LogP contribution in [0.2, 0.25) is 5.02 Å². The van der Waals surface area contributed by atoms with Gasteiger partial charge in [-0.2, -0.15) is 0 Å². The summed E-state index contributed by atoms with van der Waals surface area (Å²) >= 11 is 20.0. The van der Waals surface area contributed by atoms with Crippen molar-refractivity contribution in [1.82, 2.24) is 0 Å². The molecule has 0 heterocycles. The van der Waals surface area contributed by atoms with Crippen molar-refractivity contribution in [2.75, 3.05) is 6.61 Å². The van der Waals surface area contributed by atoms with Crippen LogP contribution in [0.1, 0.15) is 0 Å². The average molecular weight is 395 g/mol. The molecule has 0 atom stereocenters. The number of benzene rings is 1. The van der Waals surface area contributed by atoms with Crippen LogP contribution in [0.3, 0.4) is 0 Å². The van der Waals surface area contributed by atoms with E-state index in [9.17, 15) is 8.42 Å². The maximum absolute atomic E-state index is 11.4. The van der Waals surface area contributed by atoms with Gasteiger partial charge in [0.2, 0.25) is 10.0 Å². The summed E-state index contributed by atoms with van der Waals surface area (Å²) < 4.78 is 28.5. The van der Waals surface area contributed by atoms with Gasteiger partial charge in [-0.1, -0.05) is 50.7 Å². The van der Waals surface area contributed by atoms with Gasteiger partial charge in [-0.05, 0) is 12.1 Å². The molecule has 2 N–H and O–H groups in total. The largest absolute Gasteiger partial charge is 0.485 e. The molecule has 1 rings (SSSR count). The lowest BCUT2D eigenvalue weighted by atomic mass is 10.3. The van der Waals surface area contributed by atoms with Gasteiger partial charge in [-0.3, -0.25) is 0 Å². The molecule has 0 amide bonds. The van der Waals surface area contributed by atoms with Crippen molar-refractivity contribution in [3.05, 3.63) is 32.2 Å². The highest BCUT2D eigenvalue weighted by molar-refractivity contribution is 9.10. The van der Waals surface area contributed by atoms with E-state index in [1.54, 1.807) is 0 Å². The Bertz CT molecular complexity index is 589. The van der Waals surface area contributed by atoms with Crippen LogP contribution in [0.4, 0.5) is 0 Å². The Balaban J connectivity index is 3.25. The normalized spacial score (nSPS) is 12.6. The third-order valence-electron chi connectivity index (χ3n) is 1.75.